The topological polar surface area (TPSA) is 147 Å². The smallest absolute Gasteiger partial charge is 0.239 e. The molecule has 4 N–H and O–H groups in total. The Balaban J connectivity index is 0.00000641. The normalized spacial score (nSPS) is 16.2. The molecule has 2 aromatic carbocycles. The van der Waals surface area contributed by atoms with Gasteiger partial charge in [0.2, 0.25) is 11.8 Å². The molecule has 2 atom stereocenters. The van der Waals surface area contributed by atoms with E-state index in [0.29, 0.717) is 90.6 Å². The number of hydrogen-bond acceptors (Lipinski definition) is 7. The van der Waals surface area contributed by atoms with Crippen molar-refractivity contribution in [2.75, 3.05) is 92.0 Å². The van der Waals surface area contributed by atoms with Crippen molar-refractivity contribution in [2.24, 2.45) is 0 Å². The highest BCUT2D eigenvalue weighted by Crippen LogP contribution is 2.22. The van der Waals surface area contributed by atoms with E-state index in [1.165, 1.54) is 36.8 Å². The number of nitrogens with one attached hydrogen (secondary N) is 4. The van der Waals surface area contributed by atoms with E-state index < -0.39 is 0 Å². The SMILES string of the molecule is CCCCCCN1C(=N)N(CC(=O)NCCCOCCOCCOCCCNC(=O)CN2C[C@H](Cc3ccccc3)N(CCCCCC)C2=N)C[C@@H]1Cc1ccccc1.S.S. The fourth-order valence-corrected chi connectivity index (χ4v) is 7.79. The van der Waals surface area contributed by atoms with Gasteiger partial charge < -0.3 is 44.4 Å². The number of nitrogens with zero attached hydrogens (tertiary/aromatic N) is 4. The number of unbranched alkanes of at least 4 members (excludes halogenated alkanes) is 6. The minimum atomic E-state index is -0.0667. The lowest BCUT2D eigenvalue weighted by molar-refractivity contribution is -0.122. The van der Waals surface area contributed by atoms with Crippen molar-refractivity contribution >= 4 is 50.7 Å². The summed E-state index contributed by atoms with van der Waals surface area (Å²) in [5, 5.41) is 23.7. The van der Waals surface area contributed by atoms with Gasteiger partial charge in [0.05, 0.1) is 51.6 Å². The highest BCUT2D eigenvalue weighted by molar-refractivity contribution is 7.59. The molecule has 0 radical (unpaired) electrons. The lowest BCUT2D eigenvalue weighted by atomic mass is 10.1. The zero-order valence-corrected chi connectivity index (χ0v) is 39.1. The van der Waals surface area contributed by atoms with Crippen molar-refractivity contribution < 1.29 is 23.8 Å². The van der Waals surface area contributed by atoms with Crippen molar-refractivity contribution in [2.45, 2.75) is 103 Å². The van der Waals surface area contributed by atoms with Crippen molar-refractivity contribution in [3.05, 3.63) is 71.8 Å². The maximum Gasteiger partial charge on any atom is 0.239 e. The van der Waals surface area contributed by atoms with Gasteiger partial charge in [-0.15, -0.1) is 0 Å². The minimum absolute atomic E-state index is 0. The summed E-state index contributed by atoms with van der Waals surface area (Å²) in [6.45, 7) is 11.9. The third-order valence-corrected chi connectivity index (χ3v) is 11.0. The second-order valence-corrected chi connectivity index (χ2v) is 15.8. The standard InChI is InChI=1S/C46H74N8O5.2H2S/c1-3-5-7-15-25-53-41(33-39-19-11-9-12-20-39)35-51(45(53)47)37-43(55)49-23-17-27-57-29-31-59-32-30-58-28-18-24-50-44(56)38-52-36-42(34-40-21-13-10-14-22-40)54(46(52)48)26-16-8-6-4-2;;/h9-14,19-22,41-42,47-48H,3-8,15-18,23-38H2,1-2H3,(H,49,55)(H,50,56);2*1H2/t41-,42-;;/m0../s1. The van der Waals surface area contributed by atoms with Gasteiger partial charge in [0.15, 0.2) is 11.9 Å². The van der Waals surface area contributed by atoms with Crippen LogP contribution in [0.3, 0.4) is 0 Å². The predicted molar refractivity (Wildman–Crippen MR) is 257 cm³/mol. The number of ether oxygens (including phenoxy) is 3. The number of carbonyl (C=O) groups excluding carboxylic acids is 2. The van der Waals surface area contributed by atoms with Crippen LogP contribution in [0, 0.1) is 10.8 Å². The number of carbonyl (C=O) groups is 2. The van der Waals surface area contributed by atoms with E-state index in [1.807, 2.05) is 21.9 Å². The number of benzene rings is 2. The molecule has 0 unspecified atom stereocenters. The highest BCUT2D eigenvalue weighted by Gasteiger charge is 2.36. The molecule has 13 nitrogen and oxygen atoms in total. The lowest BCUT2D eigenvalue weighted by Crippen LogP contribution is -2.41. The van der Waals surface area contributed by atoms with Crippen molar-refractivity contribution in [1.29, 1.82) is 10.8 Å². The van der Waals surface area contributed by atoms with E-state index in [9.17, 15) is 9.59 Å². The second kappa shape index (κ2) is 32.2. The van der Waals surface area contributed by atoms with Gasteiger partial charge in [-0.1, -0.05) is 113 Å². The second-order valence-electron chi connectivity index (χ2n) is 15.8. The van der Waals surface area contributed by atoms with Crippen LogP contribution >= 0.6 is 27.0 Å². The Morgan fingerprint density at radius 3 is 1.31 bits per heavy atom. The molecular formula is C46H78N8O5S2. The van der Waals surface area contributed by atoms with E-state index in [0.717, 1.165) is 51.6 Å². The number of hydrogen-bond donors (Lipinski definition) is 4. The van der Waals surface area contributed by atoms with Crippen LogP contribution < -0.4 is 10.6 Å². The fraction of sp³-hybridized carbons (Fsp3) is 0.652. The molecule has 15 heteroatoms. The summed E-state index contributed by atoms with van der Waals surface area (Å²) in [7, 11) is 0. The summed E-state index contributed by atoms with van der Waals surface area (Å²) in [4.78, 5) is 33.8. The molecule has 0 spiro atoms. The summed E-state index contributed by atoms with van der Waals surface area (Å²) in [5.74, 6) is 0.783. The molecule has 0 bridgehead atoms. The van der Waals surface area contributed by atoms with E-state index in [4.69, 9.17) is 25.0 Å². The molecule has 2 aliphatic rings. The third-order valence-electron chi connectivity index (χ3n) is 11.0. The zero-order valence-electron chi connectivity index (χ0n) is 37.1. The van der Waals surface area contributed by atoms with Gasteiger partial charge in [-0.25, -0.2) is 0 Å². The largest absolute Gasteiger partial charge is 0.379 e. The Kier molecular flexibility index (Phi) is 28.3. The van der Waals surface area contributed by atoms with E-state index in [2.05, 4.69) is 82.8 Å². The van der Waals surface area contributed by atoms with Gasteiger partial charge in [-0.3, -0.25) is 20.4 Å². The van der Waals surface area contributed by atoms with Crippen LogP contribution in [0.4, 0.5) is 0 Å². The molecule has 344 valence electrons. The van der Waals surface area contributed by atoms with Gasteiger partial charge in [-0.2, -0.15) is 27.0 Å². The Labute approximate surface area is 380 Å². The van der Waals surface area contributed by atoms with Gasteiger partial charge in [0.25, 0.3) is 0 Å². The quantitative estimate of drug-likeness (QED) is 0.0674. The first-order chi connectivity index (χ1) is 28.9. The first kappa shape index (κ1) is 53.6. The number of amides is 2. The van der Waals surface area contributed by atoms with Crippen LogP contribution in [0.1, 0.15) is 89.2 Å². The third kappa shape index (κ3) is 20.5. The molecule has 2 aliphatic heterocycles. The maximum atomic E-state index is 12.8. The predicted octanol–water partition coefficient (Wildman–Crippen LogP) is 5.76. The van der Waals surface area contributed by atoms with Crippen LogP contribution in [0.15, 0.2) is 60.7 Å². The Morgan fingerprint density at radius 1 is 0.557 bits per heavy atom. The van der Waals surface area contributed by atoms with Crippen LogP contribution in [0.25, 0.3) is 0 Å². The monoisotopic (exact) mass is 887 g/mol. The summed E-state index contributed by atoms with van der Waals surface area (Å²) in [5.41, 5.74) is 2.52. The Bertz CT molecular complexity index is 1390. The maximum absolute atomic E-state index is 12.8. The van der Waals surface area contributed by atoms with Gasteiger partial charge >= 0.3 is 0 Å². The number of rotatable bonds is 32. The van der Waals surface area contributed by atoms with E-state index in [-0.39, 0.29) is 64.0 Å². The van der Waals surface area contributed by atoms with Crippen LogP contribution in [-0.2, 0) is 36.6 Å². The van der Waals surface area contributed by atoms with Crippen molar-refractivity contribution in [1.82, 2.24) is 30.2 Å². The van der Waals surface area contributed by atoms with E-state index >= 15 is 0 Å². The van der Waals surface area contributed by atoms with Gasteiger partial charge in [-0.05, 0) is 49.7 Å². The number of guanidine groups is 2. The molecular weight excluding hydrogens is 809 g/mol. The average Bonchev–Trinajstić information content (AvgIpc) is 3.68. The van der Waals surface area contributed by atoms with Gasteiger partial charge in [0, 0.05) is 52.5 Å². The van der Waals surface area contributed by atoms with Crippen molar-refractivity contribution in [3.8, 4) is 0 Å². The first-order valence-electron chi connectivity index (χ1n) is 22.4. The Hall–Kier alpha value is -3.50. The molecule has 2 aromatic rings. The summed E-state index contributed by atoms with van der Waals surface area (Å²) < 4.78 is 17.0. The fourth-order valence-electron chi connectivity index (χ4n) is 7.79. The summed E-state index contributed by atoms with van der Waals surface area (Å²) in [6.07, 6.45) is 12.4. The van der Waals surface area contributed by atoms with Crippen LogP contribution in [-0.4, -0.2) is 147 Å². The van der Waals surface area contributed by atoms with Crippen molar-refractivity contribution in [3.63, 3.8) is 0 Å². The van der Waals surface area contributed by atoms with Gasteiger partial charge in [0.1, 0.15) is 0 Å². The molecule has 2 fully saturated rings. The molecule has 0 saturated carbocycles. The zero-order chi connectivity index (χ0) is 41.9. The van der Waals surface area contributed by atoms with E-state index in [1.54, 1.807) is 0 Å². The highest BCUT2D eigenvalue weighted by atomic mass is 32.1. The molecule has 0 aromatic heterocycles. The molecule has 2 amide bonds. The molecule has 2 heterocycles. The summed E-state index contributed by atoms with van der Waals surface area (Å²) >= 11 is 0. The molecule has 61 heavy (non-hydrogen) atoms. The lowest BCUT2D eigenvalue weighted by Gasteiger charge is -2.25. The minimum Gasteiger partial charge on any atom is -0.379 e. The van der Waals surface area contributed by atoms with Crippen LogP contribution in [0.5, 0.6) is 0 Å². The summed E-state index contributed by atoms with van der Waals surface area (Å²) in [6, 6.07) is 21.2. The Morgan fingerprint density at radius 2 is 0.934 bits per heavy atom. The molecule has 2 saturated heterocycles. The average molecular weight is 887 g/mol. The molecule has 4 rings (SSSR count). The van der Waals surface area contributed by atoms with Crippen LogP contribution in [0.2, 0.25) is 0 Å². The first-order valence-corrected chi connectivity index (χ1v) is 22.4. The molecule has 0 aliphatic carbocycles.